The van der Waals surface area contributed by atoms with Crippen LogP contribution in [0.2, 0.25) is 0 Å². The third-order valence-electron chi connectivity index (χ3n) is 2.21. The van der Waals surface area contributed by atoms with Gasteiger partial charge >= 0.3 is 7.82 Å². The highest BCUT2D eigenvalue weighted by molar-refractivity contribution is 7.48. The van der Waals surface area contributed by atoms with Crippen LogP contribution in [0.25, 0.3) is 0 Å². The molecule has 1 amide bonds. The molecule has 0 aromatic carbocycles. The maximum atomic E-state index is 11.7. The first-order chi connectivity index (χ1) is 8.54. The van der Waals surface area contributed by atoms with Crippen molar-refractivity contribution in [2.75, 3.05) is 26.9 Å². The normalized spacial score (nSPS) is 14.2. The second-order valence-electron chi connectivity index (χ2n) is 3.78. The number of phosphoric ester groups is 1. The van der Waals surface area contributed by atoms with E-state index in [0.29, 0.717) is 19.8 Å². The van der Waals surface area contributed by atoms with E-state index in [-0.39, 0.29) is 5.91 Å². The lowest BCUT2D eigenvalue weighted by Gasteiger charge is -2.14. The zero-order valence-electron chi connectivity index (χ0n) is 11.4. The Morgan fingerprint density at radius 3 is 2.39 bits per heavy atom. The fourth-order valence-electron chi connectivity index (χ4n) is 1.32. The van der Waals surface area contributed by atoms with Crippen molar-refractivity contribution in [2.45, 2.75) is 39.5 Å². The van der Waals surface area contributed by atoms with Crippen molar-refractivity contribution < 1.29 is 22.9 Å². The zero-order chi connectivity index (χ0) is 13.9. The molecule has 0 aliphatic heterocycles. The van der Waals surface area contributed by atoms with E-state index in [1.807, 2.05) is 0 Å². The van der Waals surface area contributed by atoms with Crippen molar-refractivity contribution in [1.82, 2.24) is 5.32 Å². The lowest BCUT2D eigenvalue weighted by molar-refractivity contribution is -0.118. The van der Waals surface area contributed by atoms with Gasteiger partial charge in [-0.2, -0.15) is 0 Å². The van der Waals surface area contributed by atoms with Crippen LogP contribution in [0.4, 0.5) is 0 Å². The molecule has 0 saturated carbocycles. The van der Waals surface area contributed by atoms with Crippen LogP contribution in [-0.2, 0) is 22.9 Å². The van der Waals surface area contributed by atoms with Crippen LogP contribution in [-0.4, -0.2) is 32.8 Å². The first-order valence-electron chi connectivity index (χ1n) is 6.23. The highest BCUT2D eigenvalue weighted by Gasteiger charge is 2.23. The molecule has 0 spiro atoms. The zero-order valence-corrected chi connectivity index (χ0v) is 12.3. The first-order valence-corrected chi connectivity index (χ1v) is 7.69. The first kappa shape index (κ1) is 17.6. The van der Waals surface area contributed by atoms with Crippen LogP contribution in [0.15, 0.2) is 0 Å². The third kappa shape index (κ3) is 9.59. The summed E-state index contributed by atoms with van der Waals surface area (Å²) in [7, 11) is -2.02. The summed E-state index contributed by atoms with van der Waals surface area (Å²) < 4.78 is 26.4. The van der Waals surface area contributed by atoms with Crippen LogP contribution >= 0.6 is 7.82 Å². The van der Waals surface area contributed by atoms with E-state index in [2.05, 4.69) is 5.32 Å². The lowest BCUT2D eigenvalue weighted by atomic mass is 10.2. The molecule has 0 rings (SSSR count). The highest BCUT2D eigenvalue weighted by atomic mass is 31.2. The van der Waals surface area contributed by atoms with E-state index in [9.17, 15) is 9.36 Å². The molecule has 6 nitrogen and oxygen atoms in total. The number of hydrogen-bond donors (Lipinski definition) is 1. The van der Waals surface area contributed by atoms with E-state index < -0.39 is 7.82 Å². The van der Waals surface area contributed by atoms with Crippen molar-refractivity contribution in [3.8, 4) is 0 Å². The Kier molecular flexibility index (Phi) is 10.3. The molecule has 0 aromatic rings. The van der Waals surface area contributed by atoms with Crippen molar-refractivity contribution in [1.29, 1.82) is 0 Å². The van der Waals surface area contributed by atoms with Crippen molar-refractivity contribution in [3.05, 3.63) is 0 Å². The summed E-state index contributed by atoms with van der Waals surface area (Å²) in [6.07, 6.45) is 3.68. The maximum absolute atomic E-state index is 11.7. The molecule has 0 aromatic heterocycles. The summed E-state index contributed by atoms with van der Waals surface area (Å²) in [5, 5.41) is 2.73. The summed E-state index contributed by atoms with van der Waals surface area (Å²) in [6, 6.07) is 0. The topological polar surface area (TPSA) is 73.9 Å². The van der Waals surface area contributed by atoms with Gasteiger partial charge in [-0.05, 0) is 19.8 Å². The molecule has 0 saturated heterocycles. The largest absolute Gasteiger partial charge is 0.474 e. The molecule has 0 aliphatic carbocycles. The number of nitrogens with one attached hydrogen (secondary N) is 1. The molecule has 1 N–H and O–H groups in total. The second kappa shape index (κ2) is 10.5. The van der Waals surface area contributed by atoms with Crippen LogP contribution < -0.4 is 5.32 Å². The molecule has 108 valence electrons. The van der Waals surface area contributed by atoms with E-state index in [1.54, 1.807) is 6.92 Å². The van der Waals surface area contributed by atoms with E-state index in [0.717, 1.165) is 25.7 Å². The fourth-order valence-corrected chi connectivity index (χ4v) is 2.28. The van der Waals surface area contributed by atoms with Gasteiger partial charge in [0.1, 0.15) is 0 Å². The van der Waals surface area contributed by atoms with Gasteiger partial charge in [-0.25, -0.2) is 4.57 Å². The number of carbonyl (C=O) groups is 1. The number of hydrogen-bond acceptors (Lipinski definition) is 5. The van der Waals surface area contributed by atoms with Crippen LogP contribution in [0.5, 0.6) is 0 Å². The lowest BCUT2D eigenvalue weighted by Crippen LogP contribution is -2.20. The fraction of sp³-hybridized carbons (Fsp3) is 0.909. The summed E-state index contributed by atoms with van der Waals surface area (Å²) in [6.45, 7) is 4.58. The monoisotopic (exact) mass is 281 g/mol. The van der Waals surface area contributed by atoms with Crippen LogP contribution in [0.1, 0.15) is 39.5 Å². The van der Waals surface area contributed by atoms with Gasteiger partial charge in [-0.1, -0.05) is 12.8 Å². The minimum atomic E-state index is -3.33. The van der Waals surface area contributed by atoms with Crippen LogP contribution in [0, 0.1) is 0 Å². The summed E-state index contributed by atoms with van der Waals surface area (Å²) in [5.74, 6) is -0.00363. The Hall–Kier alpha value is -0.420. The number of phosphoric acid groups is 1. The second-order valence-corrected chi connectivity index (χ2v) is 5.55. The van der Waals surface area contributed by atoms with Crippen molar-refractivity contribution in [3.63, 3.8) is 0 Å². The molecule has 0 radical (unpaired) electrons. The van der Waals surface area contributed by atoms with Gasteiger partial charge in [0.15, 0.2) is 0 Å². The molecule has 0 aliphatic rings. The van der Waals surface area contributed by atoms with Gasteiger partial charge in [-0.3, -0.25) is 18.4 Å². The van der Waals surface area contributed by atoms with Gasteiger partial charge in [-0.15, -0.1) is 0 Å². The summed E-state index contributed by atoms with van der Waals surface area (Å²) in [4.78, 5) is 10.6. The predicted molar refractivity (Wildman–Crippen MR) is 69.3 cm³/mol. The summed E-state index contributed by atoms with van der Waals surface area (Å²) in [5.41, 5.74) is 0. The van der Waals surface area contributed by atoms with E-state index in [4.69, 9.17) is 13.6 Å². The quantitative estimate of drug-likeness (QED) is 0.465. The van der Waals surface area contributed by atoms with Crippen LogP contribution in [0.3, 0.4) is 0 Å². The Labute approximate surface area is 109 Å². The molecule has 7 heteroatoms. The number of amides is 1. The smallest absolute Gasteiger partial charge is 0.356 e. The number of carbonyl (C=O) groups excluding carboxylic acids is 1. The average molecular weight is 281 g/mol. The van der Waals surface area contributed by atoms with Crippen molar-refractivity contribution >= 4 is 13.7 Å². The molecule has 0 fully saturated rings. The molecule has 1 atom stereocenters. The average Bonchev–Trinajstić information content (AvgIpc) is 2.32. The Bertz CT molecular complexity index is 272. The predicted octanol–water partition coefficient (Wildman–Crippen LogP) is 2.49. The minimum absolute atomic E-state index is 0.00363. The third-order valence-corrected chi connectivity index (χ3v) is 3.73. The number of unbranched alkanes of at least 4 members (excludes halogenated alkanes) is 3. The van der Waals surface area contributed by atoms with Crippen molar-refractivity contribution in [2.24, 2.45) is 0 Å². The van der Waals surface area contributed by atoms with Gasteiger partial charge < -0.3 is 5.32 Å². The molecular weight excluding hydrogens is 257 g/mol. The Morgan fingerprint density at radius 1 is 1.17 bits per heavy atom. The highest BCUT2D eigenvalue weighted by Crippen LogP contribution is 2.48. The van der Waals surface area contributed by atoms with Gasteiger partial charge in [0.05, 0.1) is 13.2 Å². The molecule has 1 unspecified atom stereocenters. The Morgan fingerprint density at radius 2 is 1.83 bits per heavy atom. The minimum Gasteiger partial charge on any atom is -0.356 e. The van der Waals surface area contributed by atoms with Gasteiger partial charge in [0.2, 0.25) is 5.91 Å². The van der Waals surface area contributed by atoms with Gasteiger partial charge in [0.25, 0.3) is 0 Å². The van der Waals surface area contributed by atoms with Gasteiger partial charge in [0, 0.05) is 20.6 Å². The maximum Gasteiger partial charge on any atom is 0.474 e. The standard InChI is InChI=1S/C11H24NO5P/c1-4-16-18(14,15-3)17-10-8-6-5-7-9-12-11(2)13/h4-10H2,1-3H3,(H,12,13). The Balaban J connectivity index is 3.44. The summed E-state index contributed by atoms with van der Waals surface area (Å²) >= 11 is 0. The molecule has 18 heavy (non-hydrogen) atoms. The molecular formula is C11H24NO5P. The number of rotatable bonds is 11. The van der Waals surface area contributed by atoms with E-state index >= 15 is 0 Å². The molecule has 0 heterocycles. The van der Waals surface area contributed by atoms with E-state index in [1.165, 1.54) is 14.0 Å². The molecule has 0 bridgehead atoms. The SMILES string of the molecule is CCOP(=O)(OC)OCCCCCCNC(C)=O.